The van der Waals surface area contributed by atoms with Crippen LogP contribution in [0.5, 0.6) is 5.75 Å². The molecule has 5 rings (SSSR count). The Labute approximate surface area is 204 Å². The molecule has 0 spiro atoms. The number of ether oxygens (including phenoxy) is 2. The quantitative estimate of drug-likeness (QED) is 0.485. The normalized spacial score (nSPS) is 18.2. The molecule has 1 unspecified atom stereocenters. The Kier molecular flexibility index (Phi) is 6.45. The van der Waals surface area contributed by atoms with Gasteiger partial charge in [-0.2, -0.15) is 0 Å². The van der Waals surface area contributed by atoms with E-state index in [2.05, 4.69) is 11.5 Å². The third-order valence-corrected chi connectivity index (χ3v) is 6.88. The van der Waals surface area contributed by atoms with Crippen LogP contribution < -0.4 is 10.2 Å². The third kappa shape index (κ3) is 4.37. The van der Waals surface area contributed by atoms with Gasteiger partial charge in [0.05, 0.1) is 30.2 Å². The van der Waals surface area contributed by atoms with Crippen LogP contribution in [0.4, 0.5) is 0 Å². The smallest absolute Gasteiger partial charge is 0.290 e. The predicted molar refractivity (Wildman–Crippen MR) is 134 cm³/mol. The summed E-state index contributed by atoms with van der Waals surface area (Å²) in [5.41, 5.74) is 3.52. The van der Waals surface area contributed by atoms with Crippen molar-refractivity contribution in [2.75, 3.05) is 46.0 Å². The van der Waals surface area contributed by atoms with Crippen LogP contribution in [-0.2, 0) is 4.74 Å². The van der Waals surface area contributed by atoms with Crippen molar-refractivity contribution in [2.45, 2.75) is 19.9 Å². The summed E-state index contributed by atoms with van der Waals surface area (Å²) in [5.74, 6) is 0.538. The first kappa shape index (κ1) is 23.3. The van der Waals surface area contributed by atoms with Gasteiger partial charge in [-0.25, -0.2) is 0 Å². The lowest BCUT2D eigenvalue weighted by Crippen LogP contribution is -2.42. The first-order chi connectivity index (χ1) is 17.0. The van der Waals surface area contributed by atoms with Crippen molar-refractivity contribution in [3.8, 4) is 5.75 Å². The molecule has 0 radical (unpaired) electrons. The number of morpholine rings is 1. The highest BCUT2D eigenvalue weighted by molar-refractivity contribution is 5.99. The van der Waals surface area contributed by atoms with Gasteiger partial charge in [0.15, 0.2) is 5.43 Å². The van der Waals surface area contributed by atoms with E-state index < -0.39 is 6.04 Å². The number of hydrogen-bond donors (Lipinski definition) is 0. The van der Waals surface area contributed by atoms with Gasteiger partial charge in [-0.05, 0) is 54.8 Å². The van der Waals surface area contributed by atoms with E-state index in [1.165, 1.54) is 0 Å². The number of carbonyl (C=O) groups excluding carboxylic acids is 1. The molecule has 7 nitrogen and oxygen atoms in total. The lowest BCUT2D eigenvalue weighted by molar-refractivity contribution is 0.0314. The fourth-order valence-corrected chi connectivity index (χ4v) is 4.86. The molecule has 35 heavy (non-hydrogen) atoms. The van der Waals surface area contributed by atoms with E-state index in [9.17, 15) is 9.59 Å². The van der Waals surface area contributed by atoms with Gasteiger partial charge in [0.1, 0.15) is 17.9 Å². The molecule has 0 aliphatic carbocycles. The molecule has 3 heterocycles. The maximum absolute atomic E-state index is 13.8. The molecule has 1 amide bonds. The van der Waals surface area contributed by atoms with Gasteiger partial charge >= 0.3 is 0 Å². The molecule has 0 N–H and O–H groups in total. The van der Waals surface area contributed by atoms with Crippen molar-refractivity contribution in [1.82, 2.24) is 9.80 Å². The lowest BCUT2D eigenvalue weighted by Gasteiger charge is -2.31. The summed E-state index contributed by atoms with van der Waals surface area (Å²) >= 11 is 0. The van der Waals surface area contributed by atoms with Crippen LogP contribution >= 0.6 is 0 Å². The monoisotopic (exact) mass is 474 g/mol. The molecule has 1 aromatic heterocycles. The van der Waals surface area contributed by atoms with Gasteiger partial charge in [0, 0.05) is 26.2 Å². The van der Waals surface area contributed by atoms with Crippen LogP contribution in [0, 0.1) is 13.8 Å². The van der Waals surface area contributed by atoms with Crippen molar-refractivity contribution < 1.29 is 18.7 Å². The molecule has 1 atom stereocenters. The topological polar surface area (TPSA) is 72.2 Å². The van der Waals surface area contributed by atoms with Crippen LogP contribution in [0.3, 0.4) is 0 Å². The van der Waals surface area contributed by atoms with E-state index in [4.69, 9.17) is 13.9 Å². The molecule has 2 aliphatic rings. The highest BCUT2D eigenvalue weighted by atomic mass is 16.5. The van der Waals surface area contributed by atoms with E-state index in [-0.39, 0.29) is 17.1 Å². The van der Waals surface area contributed by atoms with Crippen molar-refractivity contribution in [2.24, 2.45) is 0 Å². The second kappa shape index (κ2) is 9.68. The molecule has 2 aromatic carbocycles. The highest BCUT2D eigenvalue weighted by Gasteiger charge is 2.42. The van der Waals surface area contributed by atoms with Crippen LogP contribution in [0.25, 0.3) is 11.0 Å². The minimum atomic E-state index is -0.548. The summed E-state index contributed by atoms with van der Waals surface area (Å²) in [6.07, 6.45) is 1.68. The zero-order valence-electron chi connectivity index (χ0n) is 20.2. The average molecular weight is 475 g/mol. The van der Waals surface area contributed by atoms with Gasteiger partial charge < -0.3 is 18.8 Å². The van der Waals surface area contributed by atoms with Crippen LogP contribution in [0.2, 0.25) is 0 Å². The minimum absolute atomic E-state index is 0.134. The molecule has 0 saturated carbocycles. The number of rotatable bonds is 7. The van der Waals surface area contributed by atoms with Crippen molar-refractivity contribution >= 4 is 16.9 Å². The fraction of sp³-hybridized carbons (Fsp3) is 0.357. The highest BCUT2D eigenvalue weighted by Crippen LogP contribution is 2.39. The fourth-order valence-electron chi connectivity index (χ4n) is 4.86. The molecule has 7 heteroatoms. The number of amides is 1. The Hall–Kier alpha value is -3.42. The number of aryl methyl sites for hydroxylation is 2. The number of benzene rings is 2. The Morgan fingerprint density at radius 2 is 1.86 bits per heavy atom. The predicted octanol–water partition coefficient (Wildman–Crippen LogP) is 3.85. The Morgan fingerprint density at radius 1 is 1.09 bits per heavy atom. The van der Waals surface area contributed by atoms with Gasteiger partial charge in [-0.15, -0.1) is 0 Å². The maximum atomic E-state index is 13.8. The van der Waals surface area contributed by atoms with Crippen LogP contribution in [-0.4, -0.2) is 61.7 Å². The van der Waals surface area contributed by atoms with Crippen LogP contribution in [0.1, 0.15) is 38.9 Å². The van der Waals surface area contributed by atoms with Crippen LogP contribution in [0.15, 0.2) is 58.3 Å². The first-order valence-corrected chi connectivity index (χ1v) is 12.0. The molecule has 182 valence electrons. The van der Waals surface area contributed by atoms with Gasteiger partial charge in [0.25, 0.3) is 5.91 Å². The summed E-state index contributed by atoms with van der Waals surface area (Å²) in [5, 5.41) is 0.499. The second-order valence-corrected chi connectivity index (χ2v) is 9.13. The molecular weight excluding hydrogens is 444 g/mol. The van der Waals surface area contributed by atoms with Crippen molar-refractivity contribution in [3.05, 3.63) is 87.3 Å². The summed E-state index contributed by atoms with van der Waals surface area (Å²) in [6, 6.07) is 10.7. The second-order valence-electron chi connectivity index (χ2n) is 9.13. The number of carbonyl (C=O) groups is 1. The van der Waals surface area contributed by atoms with E-state index in [1.807, 2.05) is 50.2 Å². The van der Waals surface area contributed by atoms with Gasteiger partial charge in [0.2, 0.25) is 5.76 Å². The summed E-state index contributed by atoms with van der Waals surface area (Å²) in [7, 11) is 0. The Bertz CT molecular complexity index is 1340. The number of hydrogen-bond acceptors (Lipinski definition) is 6. The molecule has 1 saturated heterocycles. The number of nitrogens with zero attached hydrogens (tertiary/aromatic N) is 2. The van der Waals surface area contributed by atoms with Gasteiger partial charge in [-0.3, -0.25) is 14.5 Å². The van der Waals surface area contributed by atoms with E-state index in [0.29, 0.717) is 55.2 Å². The first-order valence-electron chi connectivity index (χ1n) is 12.0. The van der Waals surface area contributed by atoms with Crippen molar-refractivity contribution in [1.29, 1.82) is 0 Å². The van der Waals surface area contributed by atoms with Gasteiger partial charge in [-0.1, -0.05) is 24.8 Å². The largest absolute Gasteiger partial charge is 0.490 e. The summed E-state index contributed by atoms with van der Waals surface area (Å²) < 4.78 is 17.3. The minimum Gasteiger partial charge on any atom is -0.490 e. The van der Waals surface area contributed by atoms with Crippen molar-refractivity contribution in [3.63, 3.8) is 0 Å². The molecule has 0 bridgehead atoms. The molecular formula is C28H30N2O5. The molecule has 1 fully saturated rings. The number of fused-ring (bicyclic) bond motifs is 2. The zero-order valence-corrected chi connectivity index (χ0v) is 20.2. The standard InChI is InChI=1S/C28H30N2O5/c1-4-12-34-21-7-5-6-20(17-21)25-24-26(31)22-15-18(2)19(3)16-23(22)35-27(24)28(32)30(25)9-8-29-10-13-33-14-11-29/h4-7,15-17,25H,1,8-14H2,2-3H3. The summed E-state index contributed by atoms with van der Waals surface area (Å²) in [6.45, 7) is 12.2. The maximum Gasteiger partial charge on any atom is 0.290 e. The molecule has 3 aromatic rings. The lowest BCUT2D eigenvalue weighted by atomic mass is 9.97. The third-order valence-electron chi connectivity index (χ3n) is 6.88. The molecule has 2 aliphatic heterocycles. The average Bonchev–Trinajstić information content (AvgIpc) is 3.15. The zero-order chi connectivity index (χ0) is 24.5. The van der Waals surface area contributed by atoms with E-state index in [1.54, 1.807) is 11.0 Å². The van der Waals surface area contributed by atoms with E-state index in [0.717, 1.165) is 29.8 Å². The Balaban J connectivity index is 1.61. The van der Waals surface area contributed by atoms with E-state index >= 15 is 0 Å². The Morgan fingerprint density at radius 3 is 2.63 bits per heavy atom. The summed E-state index contributed by atoms with van der Waals surface area (Å²) in [4.78, 5) is 31.5. The SMILES string of the molecule is C=CCOc1cccc(C2c3c(oc4cc(C)c(C)cc4c3=O)C(=O)N2CCN2CCOCC2)c1.